The van der Waals surface area contributed by atoms with Crippen molar-refractivity contribution < 1.29 is 13.9 Å². The van der Waals surface area contributed by atoms with E-state index in [0.29, 0.717) is 30.7 Å². The van der Waals surface area contributed by atoms with Gasteiger partial charge in [-0.05, 0) is 53.4 Å². The summed E-state index contributed by atoms with van der Waals surface area (Å²) in [5.74, 6) is 0.422. The minimum absolute atomic E-state index is 0.0239. The molecule has 5 rings (SSSR count). The van der Waals surface area contributed by atoms with E-state index in [9.17, 15) is 4.79 Å². The Morgan fingerprint density at radius 2 is 2.00 bits per heavy atom. The Morgan fingerprint density at radius 1 is 1.26 bits per heavy atom. The topological polar surface area (TPSA) is 127 Å². The zero-order valence-corrected chi connectivity index (χ0v) is 23.2. The molecule has 2 saturated heterocycles. The molecule has 210 valence electrons. The van der Waals surface area contributed by atoms with Crippen LogP contribution in [0.25, 0.3) is 0 Å². The van der Waals surface area contributed by atoms with Crippen LogP contribution < -0.4 is 16.4 Å². The number of fused-ring (bicyclic) bond motifs is 1. The highest BCUT2D eigenvalue weighted by Crippen LogP contribution is 2.43. The van der Waals surface area contributed by atoms with Crippen LogP contribution in [0.1, 0.15) is 64.4 Å². The number of halogens is 1. The Bertz CT molecular complexity index is 1110. The number of carbonyl (C=O) groups excluding carboxylic acids is 1. The van der Waals surface area contributed by atoms with Gasteiger partial charge in [-0.25, -0.2) is 9.18 Å². The minimum Gasteiger partial charge on any atom is -0.381 e. The van der Waals surface area contributed by atoms with Crippen molar-refractivity contribution in [2.24, 2.45) is 16.6 Å². The maximum atomic E-state index is 15.1. The van der Waals surface area contributed by atoms with Crippen LogP contribution in [0.5, 0.6) is 0 Å². The van der Waals surface area contributed by atoms with Gasteiger partial charge in [-0.2, -0.15) is 5.10 Å². The van der Waals surface area contributed by atoms with Gasteiger partial charge in [0.25, 0.3) is 0 Å². The molecular formula is C26H42FN9O2. The average Bonchev–Trinajstić information content (AvgIpc) is 3.43. The number of nitrogens with one attached hydrogen (secondary N) is 3. The standard InChI is InChI=1S/C26H42FN9O2/c1-6-29-23-30-11-20(27)26(28,31-23)22-19-15-36(25(4,5)21(19)32-33-22)24(37)35-13-16(2)34(12-17(35)3)14-18-7-9-38-10-8-18/h11,16-18H,6-10,12-15,28H2,1-5H3,(H,32,33)(H2,29,30,31)/t16-,17+,26?/m1/s1. The van der Waals surface area contributed by atoms with Crippen LogP contribution in [0.2, 0.25) is 0 Å². The SMILES string of the molecule is CCN=C1NC=C(F)C(N)(c2n[nH]c3c2CN(C(=O)N2C[C@@H](C)N(CC4CCOCC4)C[C@@H]2C)C3(C)C)N1. The third-order valence-electron chi connectivity index (χ3n) is 8.61. The molecule has 5 heterocycles. The number of amides is 2. The van der Waals surface area contributed by atoms with Crippen LogP contribution in [-0.4, -0.2) is 88.4 Å². The minimum atomic E-state index is -1.68. The van der Waals surface area contributed by atoms with Crippen molar-refractivity contribution in [3.63, 3.8) is 0 Å². The lowest BCUT2D eigenvalue weighted by Gasteiger charge is -2.47. The molecule has 1 aromatic heterocycles. The predicted molar refractivity (Wildman–Crippen MR) is 143 cm³/mol. The summed E-state index contributed by atoms with van der Waals surface area (Å²) in [6, 6.07) is 0.315. The van der Waals surface area contributed by atoms with Crippen molar-refractivity contribution in [1.82, 2.24) is 35.5 Å². The molecule has 4 aliphatic rings. The van der Waals surface area contributed by atoms with Crippen molar-refractivity contribution >= 4 is 12.0 Å². The molecular weight excluding hydrogens is 489 g/mol. The Hall–Kier alpha value is -2.70. The van der Waals surface area contributed by atoms with Crippen molar-refractivity contribution in [3.8, 4) is 0 Å². The number of aliphatic imine (C=N–C) groups is 1. The van der Waals surface area contributed by atoms with E-state index in [1.807, 2.05) is 30.6 Å². The van der Waals surface area contributed by atoms with Crippen molar-refractivity contribution in [1.29, 1.82) is 0 Å². The number of rotatable bonds is 4. The average molecular weight is 532 g/mol. The molecule has 1 unspecified atom stereocenters. The number of aromatic nitrogens is 2. The zero-order chi connectivity index (χ0) is 27.2. The lowest BCUT2D eigenvalue weighted by atomic mass is 9.96. The molecule has 0 aromatic carbocycles. The monoisotopic (exact) mass is 531 g/mol. The van der Waals surface area contributed by atoms with Crippen molar-refractivity contribution in [2.45, 2.75) is 77.3 Å². The second-order valence-electron chi connectivity index (χ2n) is 11.6. The van der Waals surface area contributed by atoms with Gasteiger partial charge in [0.15, 0.2) is 17.4 Å². The summed E-state index contributed by atoms with van der Waals surface area (Å²) in [5.41, 5.74) is 6.05. The number of aromatic amines is 1. The van der Waals surface area contributed by atoms with Gasteiger partial charge >= 0.3 is 6.03 Å². The maximum absolute atomic E-state index is 15.1. The van der Waals surface area contributed by atoms with Gasteiger partial charge in [0, 0.05) is 63.2 Å². The molecule has 0 saturated carbocycles. The first-order valence-corrected chi connectivity index (χ1v) is 13.8. The number of carbonyl (C=O) groups is 1. The second-order valence-corrected chi connectivity index (χ2v) is 11.6. The summed E-state index contributed by atoms with van der Waals surface area (Å²) in [7, 11) is 0. The van der Waals surface area contributed by atoms with E-state index in [4.69, 9.17) is 10.5 Å². The van der Waals surface area contributed by atoms with E-state index < -0.39 is 17.0 Å². The van der Waals surface area contributed by atoms with E-state index in [0.717, 1.165) is 50.4 Å². The number of ether oxygens (including phenoxy) is 1. The number of urea groups is 1. The number of piperazine rings is 1. The van der Waals surface area contributed by atoms with Gasteiger partial charge in [-0.15, -0.1) is 0 Å². The molecule has 38 heavy (non-hydrogen) atoms. The van der Waals surface area contributed by atoms with Crippen molar-refractivity contribution in [2.75, 3.05) is 39.4 Å². The fourth-order valence-electron chi connectivity index (χ4n) is 6.23. The van der Waals surface area contributed by atoms with Gasteiger partial charge in [-0.3, -0.25) is 20.7 Å². The molecule has 0 spiro atoms. The number of nitrogens with two attached hydrogens (primary N) is 1. The van der Waals surface area contributed by atoms with E-state index in [2.05, 4.69) is 44.6 Å². The molecule has 0 bridgehead atoms. The molecule has 2 fully saturated rings. The summed E-state index contributed by atoms with van der Waals surface area (Å²) in [6.45, 7) is 15.2. The largest absolute Gasteiger partial charge is 0.381 e. The lowest BCUT2D eigenvalue weighted by molar-refractivity contribution is 0.00877. The molecule has 4 aliphatic heterocycles. The molecule has 0 radical (unpaired) electrons. The molecule has 11 nitrogen and oxygen atoms in total. The van der Waals surface area contributed by atoms with Gasteiger partial charge in [0.05, 0.1) is 17.8 Å². The van der Waals surface area contributed by atoms with Crippen LogP contribution in [-0.2, 0) is 22.5 Å². The van der Waals surface area contributed by atoms with Gasteiger partial charge in [-0.1, -0.05) is 0 Å². The summed E-state index contributed by atoms with van der Waals surface area (Å²) < 4.78 is 20.6. The lowest BCUT2D eigenvalue weighted by Crippen LogP contribution is -2.62. The Morgan fingerprint density at radius 3 is 2.71 bits per heavy atom. The van der Waals surface area contributed by atoms with Gasteiger partial charge in [0.2, 0.25) is 0 Å². The predicted octanol–water partition coefficient (Wildman–Crippen LogP) is 1.89. The number of nitrogens with zero attached hydrogens (tertiary/aromatic N) is 5. The first kappa shape index (κ1) is 26.9. The number of H-pyrrole nitrogens is 1. The van der Waals surface area contributed by atoms with Crippen molar-refractivity contribution in [3.05, 3.63) is 29.0 Å². The zero-order valence-electron chi connectivity index (χ0n) is 23.2. The Balaban J connectivity index is 1.33. The summed E-state index contributed by atoms with van der Waals surface area (Å²) in [4.78, 5) is 24.7. The smallest absolute Gasteiger partial charge is 0.321 e. The summed E-state index contributed by atoms with van der Waals surface area (Å²) in [5, 5.41) is 13.2. The van der Waals surface area contributed by atoms with Gasteiger partial charge in [0.1, 0.15) is 5.69 Å². The number of hydrogen-bond acceptors (Lipinski definition) is 6. The van der Waals surface area contributed by atoms with Crippen LogP contribution in [0, 0.1) is 5.92 Å². The fraction of sp³-hybridized carbons (Fsp3) is 0.731. The van der Waals surface area contributed by atoms with E-state index in [1.165, 1.54) is 6.20 Å². The molecule has 0 aliphatic carbocycles. The number of hydrogen-bond donors (Lipinski definition) is 4. The number of guanidine groups is 1. The summed E-state index contributed by atoms with van der Waals surface area (Å²) >= 11 is 0. The highest BCUT2D eigenvalue weighted by molar-refractivity contribution is 5.83. The normalized spacial score (nSPS) is 31.1. The molecule has 1 aromatic rings. The van der Waals surface area contributed by atoms with E-state index in [1.54, 1.807) is 0 Å². The summed E-state index contributed by atoms with van der Waals surface area (Å²) in [6.07, 6.45) is 3.41. The molecule has 3 atom stereocenters. The van der Waals surface area contributed by atoms with Crippen LogP contribution in [0.4, 0.5) is 9.18 Å². The third kappa shape index (κ3) is 4.56. The molecule has 2 amide bonds. The Kier molecular flexibility index (Phi) is 7.16. The third-order valence-corrected chi connectivity index (χ3v) is 8.61. The molecule has 12 heteroatoms. The highest BCUT2D eigenvalue weighted by Gasteiger charge is 2.50. The fourth-order valence-corrected chi connectivity index (χ4v) is 6.23. The van der Waals surface area contributed by atoms with Crippen LogP contribution in [0.15, 0.2) is 17.0 Å². The van der Waals surface area contributed by atoms with E-state index >= 15 is 4.39 Å². The first-order chi connectivity index (χ1) is 18.1. The second kappa shape index (κ2) is 10.1. The highest BCUT2D eigenvalue weighted by atomic mass is 19.1. The quantitative estimate of drug-likeness (QED) is 0.467. The van der Waals surface area contributed by atoms with Crippen LogP contribution >= 0.6 is 0 Å². The first-order valence-electron chi connectivity index (χ1n) is 13.8. The van der Waals surface area contributed by atoms with E-state index in [-0.39, 0.29) is 24.7 Å². The van der Waals surface area contributed by atoms with Gasteiger partial charge < -0.3 is 25.2 Å². The maximum Gasteiger partial charge on any atom is 0.321 e. The van der Waals surface area contributed by atoms with Crippen LogP contribution in [0.3, 0.4) is 0 Å². The Labute approximate surface area is 224 Å². The molecule has 5 N–H and O–H groups in total.